The SMILES string of the molecule is CCNC1CCN(CC(C)(O)C(C)C)CC1C. The van der Waals surface area contributed by atoms with E-state index in [0.717, 1.165) is 26.2 Å². The summed E-state index contributed by atoms with van der Waals surface area (Å²) >= 11 is 0. The number of likely N-dealkylation sites (tertiary alicyclic amines) is 1. The number of nitrogens with zero attached hydrogens (tertiary/aromatic N) is 1. The first-order valence-corrected chi connectivity index (χ1v) is 7.05. The first-order chi connectivity index (χ1) is 7.86. The summed E-state index contributed by atoms with van der Waals surface area (Å²) in [6, 6.07) is 0.653. The van der Waals surface area contributed by atoms with Crippen molar-refractivity contribution < 1.29 is 5.11 Å². The molecule has 1 heterocycles. The Bertz CT molecular complexity index is 228. The maximum atomic E-state index is 10.3. The van der Waals surface area contributed by atoms with Crippen LogP contribution in [0.5, 0.6) is 0 Å². The summed E-state index contributed by atoms with van der Waals surface area (Å²) in [5, 5.41) is 13.9. The Morgan fingerprint density at radius 3 is 2.59 bits per heavy atom. The number of aliphatic hydroxyl groups is 1. The van der Waals surface area contributed by atoms with E-state index in [1.807, 2.05) is 6.92 Å². The molecule has 1 rings (SSSR count). The molecule has 0 aliphatic carbocycles. The molecule has 0 bridgehead atoms. The zero-order valence-corrected chi connectivity index (χ0v) is 12.2. The number of hydrogen-bond acceptors (Lipinski definition) is 3. The second-order valence-corrected chi connectivity index (χ2v) is 6.18. The second-order valence-electron chi connectivity index (χ2n) is 6.18. The van der Waals surface area contributed by atoms with Gasteiger partial charge in [-0.05, 0) is 38.3 Å². The maximum absolute atomic E-state index is 10.3. The van der Waals surface area contributed by atoms with Gasteiger partial charge in [0.2, 0.25) is 0 Å². The normalized spacial score (nSPS) is 30.5. The van der Waals surface area contributed by atoms with E-state index in [1.165, 1.54) is 6.42 Å². The highest BCUT2D eigenvalue weighted by Crippen LogP contribution is 2.22. The lowest BCUT2D eigenvalue weighted by Gasteiger charge is -2.41. The van der Waals surface area contributed by atoms with Gasteiger partial charge in [0.05, 0.1) is 5.60 Å². The fourth-order valence-electron chi connectivity index (χ4n) is 2.58. The Hall–Kier alpha value is -0.120. The third kappa shape index (κ3) is 4.23. The molecule has 1 saturated heterocycles. The Morgan fingerprint density at radius 2 is 2.12 bits per heavy atom. The van der Waals surface area contributed by atoms with Gasteiger partial charge >= 0.3 is 0 Å². The standard InChI is InChI=1S/C14H30N2O/c1-6-15-13-7-8-16(9-12(13)4)10-14(5,17)11(2)3/h11-13,15,17H,6-10H2,1-5H3. The highest BCUT2D eigenvalue weighted by molar-refractivity contribution is 4.87. The highest BCUT2D eigenvalue weighted by Gasteiger charge is 2.32. The van der Waals surface area contributed by atoms with Crippen LogP contribution in [0.15, 0.2) is 0 Å². The Kier molecular flexibility index (Phi) is 5.42. The number of nitrogens with one attached hydrogen (secondary N) is 1. The number of piperidine rings is 1. The minimum absolute atomic E-state index is 0.310. The molecular weight excluding hydrogens is 212 g/mol. The molecule has 1 aliphatic heterocycles. The summed E-state index contributed by atoms with van der Waals surface area (Å²) in [5.41, 5.74) is -0.565. The Balaban J connectivity index is 2.44. The second kappa shape index (κ2) is 6.17. The van der Waals surface area contributed by atoms with Crippen LogP contribution in [0.1, 0.15) is 41.0 Å². The van der Waals surface area contributed by atoms with Crippen molar-refractivity contribution >= 4 is 0 Å². The largest absolute Gasteiger partial charge is 0.389 e. The molecule has 0 aromatic heterocycles. The topological polar surface area (TPSA) is 35.5 Å². The van der Waals surface area contributed by atoms with Crippen molar-refractivity contribution in [2.24, 2.45) is 11.8 Å². The van der Waals surface area contributed by atoms with Crippen molar-refractivity contribution in [3.63, 3.8) is 0 Å². The predicted octanol–water partition coefficient (Wildman–Crippen LogP) is 1.71. The summed E-state index contributed by atoms with van der Waals surface area (Å²) in [4.78, 5) is 2.42. The van der Waals surface area contributed by atoms with Gasteiger partial charge in [-0.15, -0.1) is 0 Å². The van der Waals surface area contributed by atoms with Gasteiger partial charge in [-0.25, -0.2) is 0 Å². The predicted molar refractivity (Wildman–Crippen MR) is 73.1 cm³/mol. The molecule has 3 heteroatoms. The van der Waals surface area contributed by atoms with Crippen molar-refractivity contribution in [3.8, 4) is 0 Å². The molecule has 102 valence electrons. The molecule has 3 unspecified atom stereocenters. The molecule has 3 atom stereocenters. The molecular formula is C14H30N2O. The highest BCUT2D eigenvalue weighted by atomic mass is 16.3. The first kappa shape index (κ1) is 14.9. The van der Waals surface area contributed by atoms with Gasteiger partial charge in [-0.3, -0.25) is 0 Å². The van der Waals surface area contributed by atoms with Crippen LogP contribution in [0.3, 0.4) is 0 Å². The van der Waals surface area contributed by atoms with Crippen LogP contribution in [-0.2, 0) is 0 Å². The van der Waals surface area contributed by atoms with Crippen LogP contribution in [0, 0.1) is 11.8 Å². The third-order valence-electron chi connectivity index (χ3n) is 4.24. The van der Waals surface area contributed by atoms with E-state index >= 15 is 0 Å². The number of hydrogen-bond donors (Lipinski definition) is 2. The van der Waals surface area contributed by atoms with E-state index in [0.29, 0.717) is 17.9 Å². The Labute approximate surface area is 107 Å². The molecule has 1 aliphatic rings. The molecule has 0 spiro atoms. The molecule has 2 N–H and O–H groups in total. The summed E-state index contributed by atoms with van der Waals surface area (Å²) < 4.78 is 0. The smallest absolute Gasteiger partial charge is 0.0768 e. The summed E-state index contributed by atoms with van der Waals surface area (Å²) in [5.74, 6) is 0.982. The van der Waals surface area contributed by atoms with Crippen LogP contribution in [0.2, 0.25) is 0 Å². The lowest BCUT2D eigenvalue weighted by Crippen LogP contribution is -2.53. The molecule has 0 radical (unpaired) electrons. The van der Waals surface area contributed by atoms with E-state index in [4.69, 9.17) is 0 Å². The van der Waals surface area contributed by atoms with Crippen molar-refractivity contribution in [2.45, 2.75) is 52.7 Å². The van der Waals surface area contributed by atoms with Crippen LogP contribution < -0.4 is 5.32 Å². The van der Waals surface area contributed by atoms with Gasteiger partial charge in [0.1, 0.15) is 0 Å². The van der Waals surface area contributed by atoms with E-state index < -0.39 is 5.60 Å². The fourth-order valence-corrected chi connectivity index (χ4v) is 2.58. The van der Waals surface area contributed by atoms with Crippen molar-refractivity contribution in [2.75, 3.05) is 26.2 Å². The number of β-amino-alcohol motifs (C(OH)–C–C–N with tert-alkyl or cyclic N) is 1. The third-order valence-corrected chi connectivity index (χ3v) is 4.24. The van der Waals surface area contributed by atoms with Crippen molar-refractivity contribution in [1.29, 1.82) is 0 Å². The van der Waals surface area contributed by atoms with Gasteiger partial charge in [-0.1, -0.05) is 27.7 Å². The van der Waals surface area contributed by atoms with E-state index in [2.05, 4.69) is 37.9 Å². The van der Waals surface area contributed by atoms with Crippen LogP contribution in [0.25, 0.3) is 0 Å². The zero-order chi connectivity index (χ0) is 13.1. The van der Waals surface area contributed by atoms with Gasteiger partial charge in [0, 0.05) is 19.1 Å². The molecule has 3 nitrogen and oxygen atoms in total. The van der Waals surface area contributed by atoms with Gasteiger partial charge in [0.15, 0.2) is 0 Å². The molecule has 0 aromatic rings. The van der Waals surface area contributed by atoms with Crippen molar-refractivity contribution in [3.05, 3.63) is 0 Å². The molecule has 17 heavy (non-hydrogen) atoms. The average molecular weight is 242 g/mol. The fraction of sp³-hybridized carbons (Fsp3) is 1.00. The molecule has 0 saturated carbocycles. The molecule has 0 aromatic carbocycles. The van der Waals surface area contributed by atoms with Gasteiger partial charge in [-0.2, -0.15) is 0 Å². The Morgan fingerprint density at radius 1 is 1.47 bits per heavy atom. The van der Waals surface area contributed by atoms with E-state index in [9.17, 15) is 5.11 Å². The van der Waals surface area contributed by atoms with Crippen LogP contribution >= 0.6 is 0 Å². The maximum Gasteiger partial charge on any atom is 0.0768 e. The molecule has 0 amide bonds. The summed E-state index contributed by atoms with van der Waals surface area (Å²) in [6.45, 7) is 14.7. The lowest BCUT2D eigenvalue weighted by molar-refractivity contribution is -0.0296. The number of rotatable bonds is 5. The van der Waals surface area contributed by atoms with Crippen LogP contribution in [0.4, 0.5) is 0 Å². The van der Waals surface area contributed by atoms with Gasteiger partial charge in [0.25, 0.3) is 0 Å². The minimum Gasteiger partial charge on any atom is -0.389 e. The summed E-state index contributed by atoms with van der Waals surface area (Å²) in [6.07, 6.45) is 1.20. The monoisotopic (exact) mass is 242 g/mol. The average Bonchev–Trinajstić information content (AvgIpc) is 2.21. The van der Waals surface area contributed by atoms with E-state index in [1.54, 1.807) is 0 Å². The zero-order valence-electron chi connectivity index (χ0n) is 12.2. The van der Waals surface area contributed by atoms with Crippen LogP contribution in [-0.4, -0.2) is 47.8 Å². The quantitative estimate of drug-likeness (QED) is 0.770. The minimum atomic E-state index is -0.565. The van der Waals surface area contributed by atoms with E-state index in [-0.39, 0.29) is 0 Å². The summed E-state index contributed by atoms with van der Waals surface area (Å²) in [7, 11) is 0. The lowest BCUT2D eigenvalue weighted by atomic mass is 9.89. The van der Waals surface area contributed by atoms with Crippen molar-refractivity contribution in [1.82, 2.24) is 10.2 Å². The first-order valence-electron chi connectivity index (χ1n) is 7.05. The van der Waals surface area contributed by atoms with Gasteiger partial charge < -0.3 is 15.3 Å². The molecule has 1 fully saturated rings.